The van der Waals surface area contributed by atoms with E-state index in [1.54, 1.807) is 11.3 Å². The zero-order valence-electron chi connectivity index (χ0n) is 17.3. The number of benzene rings is 1. The lowest BCUT2D eigenvalue weighted by Gasteiger charge is -2.25. The molecule has 158 valence electrons. The molecule has 7 heteroatoms. The molecule has 1 fully saturated rings. The molecule has 2 heterocycles. The number of nitrogens with zero attached hydrogens (tertiary/aromatic N) is 3. The highest BCUT2D eigenvalue weighted by Gasteiger charge is 2.24. The Labute approximate surface area is 186 Å². The summed E-state index contributed by atoms with van der Waals surface area (Å²) in [5, 5.41) is 15.1. The first-order valence-electron chi connectivity index (χ1n) is 10.6. The van der Waals surface area contributed by atoms with Crippen molar-refractivity contribution in [2.24, 2.45) is 0 Å². The minimum absolute atomic E-state index is 0.00935. The van der Waals surface area contributed by atoms with E-state index in [1.165, 1.54) is 48.7 Å². The van der Waals surface area contributed by atoms with Crippen molar-refractivity contribution in [3.63, 3.8) is 0 Å². The molecule has 0 saturated heterocycles. The highest BCUT2D eigenvalue weighted by atomic mass is 32.2. The van der Waals surface area contributed by atoms with Crippen molar-refractivity contribution < 1.29 is 4.79 Å². The van der Waals surface area contributed by atoms with Crippen LogP contribution in [0.25, 0.3) is 0 Å². The number of rotatable bonds is 8. The summed E-state index contributed by atoms with van der Waals surface area (Å²) < 4.78 is 2.32. The number of hydrogen-bond acceptors (Lipinski definition) is 5. The number of carbonyl (C=O) groups is 1. The van der Waals surface area contributed by atoms with E-state index in [2.05, 4.69) is 37.6 Å². The average molecular weight is 441 g/mol. The molecule has 5 nitrogen and oxygen atoms in total. The third-order valence-corrected chi connectivity index (χ3v) is 7.42. The first-order valence-corrected chi connectivity index (χ1v) is 12.5. The molecule has 2 aromatic heterocycles. The second kappa shape index (κ2) is 10.3. The summed E-state index contributed by atoms with van der Waals surface area (Å²) in [4.78, 5) is 13.9. The third-order valence-electron chi connectivity index (χ3n) is 5.60. The van der Waals surface area contributed by atoms with Crippen molar-refractivity contribution in [1.29, 1.82) is 0 Å². The van der Waals surface area contributed by atoms with Gasteiger partial charge < -0.3 is 9.88 Å². The van der Waals surface area contributed by atoms with Crippen molar-refractivity contribution >= 4 is 29.0 Å². The summed E-state index contributed by atoms with van der Waals surface area (Å²) in [6.07, 6.45) is 6.95. The van der Waals surface area contributed by atoms with Crippen LogP contribution in [0, 0.1) is 0 Å². The fraction of sp³-hybridized carbons (Fsp3) is 0.435. The minimum atomic E-state index is -0.00935. The predicted octanol–water partition coefficient (Wildman–Crippen LogP) is 5.41. The van der Waals surface area contributed by atoms with E-state index >= 15 is 0 Å². The van der Waals surface area contributed by atoms with Crippen LogP contribution in [0.2, 0.25) is 0 Å². The van der Waals surface area contributed by atoms with Crippen LogP contribution in [0.3, 0.4) is 0 Å². The van der Waals surface area contributed by atoms with E-state index in [0.29, 0.717) is 11.8 Å². The Morgan fingerprint density at radius 3 is 2.70 bits per heavy atom. The van der Waals surface area contributed by atoms with E-state index in [1.807, 2.05) is 37.3 Å². The summed E-state index contributed by atoms with van der Waals surface area (Å²) >= 11 is 3.25. The quantitative estimate of drug-likeness (QED) is 0.476. The molecule has 0 unspecified atom stereocenters. The molecule has 1 atom stereocenters. The Hall–Kier alpha value is -2.12. The van der Waals surface area contributed by atoms with Gasteiger partial charge >= 0.3 is 0 Å². The fourth-order valence-corrected chi connectivity index (χ4v) is 5.58. The molecular weight excluding hydrogens is 412 g/mol. The van der Waals surface area contributed by atoms with Gasteiger partial charge in [0, 0.05) is 17.3 Å². The van der Waals surface area contributed by atoms with Gasteiger partial charge in [-0.3, -0.25) is 4.79 Å². The summed E-state index contributed by atoms with van der Waals surface area (Å²) in [5.74, 6) is 1.39. The molecule has 1 aromatic carbocycles. The average Bonchev–Trinajstić information content (AvgIpc) is 3.44. The molecular formula is C23H28N4OS2. The smallest absolute Gasteiger partial charge is 0.230 e. The van der Waals surface area contributed by atoms with E-state index in [-0.39, 0.29) is 11.9 Å². The highest BCUT2D eigenvalue weighted by molar-refractivity contribution is 7.99. The van der Waals surface area contributed by atoms with Crippen LogP contribution >= 0.6 is 23.1 Å². The van der Waals surface area contributed by atoms with Crippen LogP contribution in [-0.4, -0.2) is 26.4 Å². The van der Waals surface area contributed by atoms with Gasteiger partial charge in [-0.25, -0.2) is 0 Å². The maximum absolute atomic E-state index is 12.6. The molecule has 4 rings (SSSR count). The Morgan fingerprint density at radius 1 is 1.17 bits per heavy atom. The van der Waals surface area contributed by atoms with Crippen LogP contribution in [0.5, 0.6) is 0 Å². The number of nitrogens with one attached hydrogen (secondary N) is 1. The van der Waals surface area contributed by atoms with Gasteiger partial charge in [0.05, 0.1) is 11.8 Å². The standard InChI is InChI=1S/C23H28N4OS2/c1-17(18-9-4-2-5-10-18)24-22(28)16-30-23-26-25-21(15-20-13-8-14-29-20)27(23)19-11-6-3-7-12-19/h2,4-5,8-10,13-14,17,19H,3,6-7,11-12,15-16H2,1H3,(H,24,28)/t17-/m1/s1. The number of thiophene rings is 1. The van der Waals surface area contributed by atoms with Gasteiger partial charge in [0.25, 0.3) is 0 Å². The van der Waals surface area contributed by atoms with Crippen molar-refractivity contribution in [3.8, 4) is 0 Å². The van der Waals surface area contributed by atoms with Crippen LogP contribution in [-0.2, 0) is 11.2 Å². The molecule has 0 bridgehead atoms. The molecule has 3 aromatic rings. The molecule has 1 saturated carbocycles. The summed E-state index contributed by atoms with van der Waals surface area (Å²) in [6.45, 7) is 2.02. The first kappa shape index (κ1) is 21.1. The van der Waals surface area contributed by atoms with Gasteiger partial charge in [-0.2, -0.15) is 0 Å². The number of aromatic nitrogens is 3. The summed E-state index contributed by atoms with van der Waals surface area (Å²) in [7, 11) is 0. The van der Waals surface area contributed by atoms with Crippen molar-refractivity contribution in [1.82, 2.24) is 20.1 Å². The zero-order chi connectivity index (χ0) is 20.8. The van der Waals surface area contributed by atoms with Crippen LogP contribution < -0.4 is 5.32 Å². The Kier molecular flexibility index (Phi) is 7.23. The fourth-order valence-electron chi connectivity index (χ4n) is 4.04. The van der Waals surface area contributed by atoms with Gasteiger partial charge in [-0.05, 0) is 36.8 Å². The van der Waals surface area contributed by atoms with Gasteiger partial charge in [0.15, 0.2) is 5.16 Å². The number of hydrogen-bond donors (Lipinski definition) is 1. The minimum Gasteiger partial charge on any atom is -0.349 e. The SMILES string of the molecule is C[C@@H](NC(=O)CSc1nnc(Cc2cccs2)n1C1CCCCC1)c1ccccc1. The number of amides is 1. The van der Waals surface area contributed by atoms with E-state index in [0.717, 1.165) is 23.0 Å². The largest absolute Gasteiger partial charge is 0.349 e. The Bertz CT molecular complexity index is 934. The molecule has 0 radical (unpaired) electrons. The van der Waals surface area contributed by atoms with Crippen molar-refractivity contribution in [3.05, 3.63) is 64.1 Å². The summed E-state index contributed by atoms with van der Waals surface area (Å²) in [6, 6.07) is 14.7. The highest BCUT2D eigenvalue weighted by Crippen LogP contribution is 2.33. The molecule has 1 aliphatic carbocycles. The lowest BCUT2D eigenvalue weighted by atomic mass is 9.95. The summed E-state index contributed by atoms with van der Waals surface area (Å²) in [5.41, 5.74) is 1.11. The maximum Gasteiger partial charge on any atom is 0.230 e. The van der Waals surface area contributed by atoms with E-state index in [9.17, 15) is 4.79 Å². The third kappa shape index (κ3) is 5.32. The first-order chi connectivity index (χ1) is 14.7. The van der Waals surface area contributed by atoms with Gasteiger partial charge in [0.2, 0.25) is 5.91 Å². The Balaban J connectivity index is 1.43. The van der Waals surface area contributed by atoms with Crippen LogP contribution in [0.1, 0.15) is 67.4 Å². The van der Waals surface area contributed by atoms with E-state index < -0.39 is 0 Å². The molecule has 1 N–H and O–H groups in total. The van der Waals surface area contributed by atoms with Crippen molar-refractivity contribution in [2.45, 2.75) is 62.7 Å². The monoisotopic (exact) mass is 440 g/mol. The van der Waals surface area contributed by atoms with Gasteiger partial charge in [-0.15, -0.1) is 21.5 Å². The topological polar surface area (TPSA) is 59.8 Å². The maximum atomic E-state index is 12.6. The number of thioether (sulfide) groups is 1. The van der Waals surface area contributed by atoms with Gasteiger partial charge in [-0.1, -0.05) is 67.4 Å². The zero-order valence-corrected chi connectivity index (χ0v) is 18.9. The molecule has 0 aliphatic heterocycles. The Morgan fingerprint density at radius 2 is 1.97 bits per heavy atom. The molecule has 1 aliphatic rings. The molecule has 1 amide bonds. The second-order valence-electron chi connectivity index (χ2n) is 7.81. The predicted molar refractivity (Wildman–Crippen MR) is 123 cm³/mol. The van der Waals surface area contributed by atoms with Crippen molar-refractivity contribution in [2.75, 3.05) is 5.75 Å². The second-order valence-corrected chi connectivity index (χ2v) is 9.78. The van der Waals surface area contributed by atoms with Gasteiger partial charge in [0.1, 0.15) is 5.82 Å². The van der Waals surface area contributed by atoms with E-state index in [4.69, 9.17) is 0 Å². The lowest BCUT2D eigenvalue weighted by Crippen LogP contribution is -2.28. The number of carbonyl (C=O) groups excluding carboxylic acids is 1. The lowest BCUT2D eigenvalue weighted by molar-refractivity contribution is -0.119. The molecule has 30 heavy (non-hydrogen) atoms. The van der Waals surface area contributed by atoms with Crippen LogP contribution in [0.15, 0.2) is 53.0 Å². The molecule has 0 spiro atoms. The van der Waals surface area contributed by atoms with Crippen LogP contribution in [0.4, 0.5) is 0 Å². The normalized spacial score (nSPS) is 15.8.